The number of nitrogens with two attached hydrogens (primary N) is 1. The number of aromatic amines is 1. The predicted molar refractivity (Wildman–Crippen MR) is 455 cm³/mol. The van der Waals surface area contributed by atoms with Gasteiger partial charge in [0.2, 0.25) is 27.4 Å². The number of H-pyrrole nitrogens is 1. The second-order valence-electron chi connectivity index (χ2n) is 29.3. The molecule has 7 fully saturated rings. The lowest BCUT2D eigenvalue weighted by Crippen LogP contribution is -2.33. The van der Waals surface area contributed by atoms with Crippen LogP contribution in [0.2, 0.25) is 31.4 Å². The molecule has 42 nitrogen and oxygen atoms in total. The Labute approximate surface area is 751 Å². The van der Waals surface area contributed by atoms with Crippen LogP contribution in [0.4, 0.5) is 11.6 Å². The number of rotatable bonds is 20. The fourth-order valence-electron chi connectivity index (χ4n) is 14.3. The Bertz CT molecular complexity index is 5090. The minimum absolute atomic E-state index is 0.0198. The van der Waals surface area contributed by atoms with Crippen LogP contribution in [0, 0.1) is 11.8 Å². The molecule has 8 aromatic rings. The van der Waals surface area contributed by atoms with Gasteiger partial charge in [0.1, 0.15) is 53.6 Å². The van der Waals surface area contributed by atoms with Crippen molar-refractivity contribution in [2.24, 2.45) is 17.6 Å². The number of nitrogens with one attached hydrogen (secondary N) is 3. The summed E-state index contributed by atoms with van der Waals surface area (Å²) < 4.78 is 91.3. The molecule has 0 spiro atoms. The quantitative estimate of drug-likeness (QED) is 0.0111. The van der Waals surface area contributed by atoms with E-state index in [2.05, 4.69) is 75.4 Å². The molecule has 0 amide bonds. The number of imidazole rings is 4. The maximum atomic E-state index is 11.9. The first-order chi connectivity index (χ1) is 57.8. The average Bonchev–Trinajstić information content (AvgIpc) is 1.62. The summed E-state index contributed by atoms with van der Waals surface area (Å²) in [5.74, 6) is -8.80. The Hall–Kier alpha value is -4.53. The van der Waals surface area contributed by atoms with Crippen molar-refractivity contribution in [3.63, 3.8) is 0 Å². The molecule has 17 atom stereocenters. The number of aromatic nitrogens is 16. The van der Waals surface area contributed by atoms with Crippen LogP contribution in [-0.4, -0.2) is 247 Å². The van der Waals surface area contributed by atoms with Gasteiger partial charge in [-0.25, -0.2) is 29.9 Å². The molecule has 7 aliphatic rings. The number of anilines is 2. The molecule has 12 heterocycles. The number of aliphatic hydroxyl groups excluding tert-OH is 5. The van der Waals surface area contributed by atoms with Crippen LogP contribution in [0.25, 0.3) is 44.7 Å². The van der Waals surface area contributed by atoms with E-state index in [1.165, 1.54) is 87.4 Å². The van der Waals surface area contributed by atoms with Gasteiger partial charge in [0.25, 0.3) is 11.7 Å². The third kappa shape index (κ3) is 28.7. The van der Waals surface area contributed by atoms with Crippen LogP contribution < -0.4 is 16.4 Å². The van der Waals surface area contributed by atoms with Gasteiger partial charge in [0, 0.05) is 50.7 Å². The number of hydrogen-bond donors (Lipinski definition) is 12. The predicted octanol–water partition coefficient (Wildman–Crippen LogP) is 12.3. The molecule has 0 radical (unpaired) electrons. The number of esters is 3. The number of hydrogen-bond acceptors (Lipinski definition) is 35. The molecule has 3 aliphatic carbocycles. The van der Waals surface area contributed by atoms with Gasteiger partial charge in [-0.05, 0) is 143 Å². The zero-order valence-electron chi connectivity index (χ0n) is 66.6. The summed E-state index contributed by atoms with van der Waals surface area (Å²) in [6.07, 6.45) is 9.34. The van der Waals surface area contributed by atoms with Crippen molar-refractivity contribution in [2.45, 2.75) is 242 Å². The molecule has 4 aliphatic heterocycles. The number of fused-ring (bicyclic) bond motifs is 4. The third-order valence-electron chi connectivity index (χ3n) is 20.0. The van der Waals surface area contributed by atoms with Gasteiger partial charge in [-0.3, -0.25) is 46.3 Å². The highest BCUT2D eigenvalue weighted by Gasteiger charge is 2.49. The lowest BCUT2D eigenvalue weighted by Gasteiger charge is -2.21. The lowest BCUT2D eigenvalue weighted by atomic mass is 9.98. The van der Waals surface area contributed by atoms with Crippen LogP contribution in [0.5, 0.6) is 0 Å². The lowest BCUT2D eigenvalue weighted by molar-refractivity contribution is -0.194. The summed E-state index contributed by atoms with van der Waals surface area (Å²) in [5.41, 5.74) is 9.04. The smallest absolute Gasteiger partial charge is 0.340 e. The molecule has 56 heteroatoms. The molecular formula is C67H93Cl10N19O23P4. The molecule has 3 saturated carbocycles. The van der Waals surface area contributed by atoms with E-state index < -0.39 is 138 Å². The van der Waals surface area contributed by atoms with E-state index >= 15 is 0 Å². The number of halogens is 10. The third-order valence-corrected chi connectivity index (χ3v) is 31.2. The highest BCUT2D eigenvalue weighted by molar-refractivity contribution is 8.21. The molecule has 123 heavy (non-hydrogen) atoms. The summed E-state index contributed by atoms with van der Waals surface area (Å²) in [4.78, 5) is 113. The first-order valence-corrected chi connectivity index (χ1v) is 51.6. The Balaban J connectivity index is 0.000000172. The van der Waals surface area contributed by atoms with Crippen LogP contribution in [0.3, 0.4) is 0 Å². The SMILES string of the molecule is CC[C@H]1O[C@@H](OC(C)=O)[C@H](OC(C)=O)[C@@H]1C.CC[C@H]1O[C@@H](n2cnc3c(Cl)nc(Cl)nc32)[C@H](OC(C)=O)[C@@H]1C.Clc1nc(Cl)c2[nH]cnc2n1.NC1CCCC1.O=P(Cl)(Cl)CP(=O)(Cl)Cl.O=P(O)(O)CP(=O)(O)OCC1O[C@@H](n2cnc3c(NC4CCCC4)nc(Cl)nc32)[C@H](O)[C@@H]1O.OC[C@H]1O[C@@H](n2cnc3c(NC4CCCC4)nc(Cl)nc32)[C@H](O)[C@@H]1O. The van der Waals surface area contributed by atoms with Crippen molar-refractivity contribution in [1.29, 1.82) is 0 Å². The minimum Gasteiger partial charge on any atom is -0.457 e. The van der Waals surface area contributed by atoms with Crippen molar-refractivity contribution in [3.05, 3.63) is 56.7 Å². The maximum absolute atomic E-state index is 11.9. The minimum atomic E-state index is -4.81. The number of carbonyl (C=O) groups excluding carboxylic acids is 3. The molecule has 15 rings (SSSR count). The molecule has 4 saturated heterocycles. The summed E-state index contributed by atoms with van der Waals surface area (Å²) in [5, 5.41) is 57.6. The summed E-state index contributed by atoms with van der Waals surface area (Å²) in [6.45, 7) is 10.8. The summed E-state index contributed by atoms with van der Waals surface area (Å²) >= 11 is 55.3. The van der Waals surface area contributed by atoms with Crippen molar-refractivity contribution >= 4 is 216 Å². The van der Waals surface area contributed by atoms with E-state index in [4.69, 9.17) is 168 Å². The second kappa shape index (κ2) is 45.3. The number of ether oxygens (including phenoxy) is 7. The van der Waals surface area contributed by atoms with Crippen molar-refractivity contribution in [2.75, 3.05) is 35.7 Å². The average molecular weight is 2010 g/mol. The Morgan fingerprint density at radius 3 is 1.37 bits per heavy atom. The standard InChI is InChI=1S/C16H24ClN5O9P2.C15H20ClN5O4.C14H16Cl2N4O3.C11H18O5.C5H2Cl2N4.C5H11N.CH2Cl4O2P2/c17-16-20-13(19-8-3-1-2-4-8)10-14(21-16)22(6-18-10)15-12(24)11(23)9(31-15)5-30-33(28,29)7-32(25,26)27;16-15-19-12(18-7-3-1-2-4-7)9-13(20-15)21(6-17-9)14-11(24)10(23)8(5-22)25-14;1-4-8-6(2)10(22-7(3)21)13(23-8)20-5-17-9-11(15)18-14(16)19-12(9)20;1-5-9-6(2)10(14-7(3)12)11(16-9)15-8(4)13;6-3-2-4(9-1-8-2)11-5(7)10-3;6-5-3-1-2-4-5;2-8(3,6)1-9(4,5)7/h6,8-9,11-12,15,23-24H,1-5,7H2,(H,28,29)(H,19,20,21)(H2,25,26,27);6-8,10-11,14,22-24H,1-5H2,(H,18,19,20);5-6,8,10,13H,4H2,1-3H3;6,9-11H,5H2,1-4H3;1H,(H,8,9,10,11);5H,1-4,6H2;1H2/t9?,11-,12-,15-;8-,10-,11-,14-;6-,8-,10-,13-;6-,9-,10-,11-;;;/m1111.../s1. The normalized spacial score (nSPS) is 26.5. The zero-order chi connectivity index (χ0) is 90.5. The fourth-order valence-corrected chi connectivity index (χ4v) is 27.0. The highest BCUT2D eigenvalue weighted by Crippen LogP contribution is 2.72. The van der Waals surface area contributed by atoms with E-state index in [-0.39, 0.29) is 73.1 Å². The largest absolute Gasteiger partial charge is 0.457 e. The van der Waals surface area contributed by atoms with E-state index in [0.29, 0.717) is 62.7 Å². The van der Waals surface area contributed by atoms with Gasteiger partial charge in [-0.2, -0.15) is 29.9 Å². The summed E-state index contributed by atoms with van der Waals surface area (Å²) in [7, 11) is -9.47. The number of nitrogens with zero attached hydrogens (tertiary/aromatic N) is 15. The Morgan fingerprint density at radius 1 is 0.520 bits per heavy atom. The monoisotopic (exact) mass is 2010 g/mol. The first kappa shape index (κ1) is 102. The van der Waals surface area contributed by atoms with Crippen LogP contribution in [-0.2, 0) is 70.3 Å². The van der Waals surface area contributed by atoms with Crippen molar-refractivity contribution in [3.8, 4) is 0 Å². The zero-order valence-corrected chi connectivity index (χ0v) is 77.7. The van der Waals surface area contributed by atoms with E-state index in [9.17, 15) is 63.1 Å². The molecule has 684 valence electrons. The summed E-state index contributed by atoms with van der Waals surface area (Å²) in [6, 6.07) is 1.10. The van der Waals surface area contributed by atoms with E-state index in [1.54, 1.807) is 10.9 Å². The van der Waals surface area contributed by atoms with Gasteiger partial charge < -0.3 is 99.2 Å². The van der Waals surface area contributed by atoms with Gasteiger partial charge >= 0.3 is 33.1 Å². The van der Waals surface area contributed by atoms with Crippen molar-refractivity contribution in [1.82, 2.24) is 78.5 Å². The van der Waals surface area contributed by atoms with Crippen LogP contribution in [0.15, 0.2) is 25.3 Å². The highest BCUT2D eigenvalue weighted by atomic mass is 35.9. The van der Waals surface area contributed by atoms with E-state index in [1.807, 2.05) is 27.7 Å². The molecule has 0 bridgehead atoms. The first-order valence-electron chi connectivity index (χ1n) is 38.4. The van der Waals surface area contributed by atoms with Gasteiger partial charge in [0.15, 0.2) is 92.4 Å². The number of aliphatic hydroxyl groups is 5. The Morgan fingerprint density at radius 2 is 0.927 bits per heavy atom. The van der Waals surface area contributed by atoms with E-state index in [0.717, 1.165) is 51.4 Å². The molecule has 2 unspecified atom stereocenters. The van der Waals surface area contributed by atoms with Gasteiger partial charge in [-0.1, -0.05) is 89.4 Å². The van der Waals surface area contributed by atoms with Crippen molar-refractivity contribution < 1.29 is 111 Å². The molecular weight excluding hydrogens is 1920 g/mol. The molecule has 0 aromatic carbocycles. The topological polar surface area (TPSA) is 591 Å². The molecule has 8 aromatic heterocycles. The second-order valence-corrected chi connectivity index (χ2v) is 46.4. The van der Waals surface area contributed by atoms with Crippen LogP contribution in [0.1, 0.15) is 157 Å². The number of carbonyl (C=O) groups is 3. The fraction of sp³-hybridized carbons (Fsp3) is 0.657. The van der Waals surface area contributed by atoms with Gasteiger partial charge in [-0.15, -0.1) is 0 Å². The van der Waals surface area contributed by atoms with Gasteiger partial charge in [0.05, 0.1) is 50.7 Å². The molecule has 13 N–H and O–H groups in total. The Kier molecular flexibility index (Phi) is 37.7. The van der Waals surface area contributed by atoms with Crippen LogP contribution >= 0.6 is 141 Å². The maximum Gasteiger partial charge on any atom is 0.340 e.